The van der Waals surface area contributed by atoms with E-state index < -0.39 is 0 Å². The number of carbonyl (C=O) groups is 1. The maximum absolute atomic E-state index is 12.4. The highest BCUT2D eigenvalue weighted by molar-refractivity contribution is 5.93. The highest BCUT2D eigenvalue weighted by Gasteiger charge is 2.23. The number of aromatic nitrogens is 1. The van der Waals surface area contributed by atoms with Crippen LogP contribution in [-0.4, -0.2) is 43.7 Å². The van der Waals surface area contributed by atoms with Crippen LogP contribution in [0.5, 0.6) is 0 Å². The third-order valence-corrected chi connectivity index (χ3v) is 4.43. The van der Waals surface area contributed by atoms with Crippen LogP contribution in [0, 0.1) is 12.1 Å². The van der Waals surface area contributed by atoms with Gasteiger partial charge in [0.2, 0.25) is 0 Å². The summed E-state index contributed by atoms with van der Waals surface area (Å²) in [6.07, 6.45) is 2.66. The molecule has 25 heavy (non-hydrogen) atoms. The van der Waals surface area contributed by atoms with Crippen molar-refractivity contribution in [3.8, 4) is 0 Å². The predicted octanol–water partition coefficient (Wildman–Crippen LogP) is 1.43. The summed E-state index contributed by atoms with van der Waals surface area (Å²) in [5.74, 6) is -0.175. The van der Waals surface area contributed by atoms with Crippen molar-refractivity contribution < 1.29 is 14.3 Å². The average molecular weight is 341 g/mol. The molecular formula is C19H23N3O3. The number of aryl methyl sites for hydroxylation is 1. The number of rotatable bonds is 5. The molecule has 1 aliphatic heterocycles. The van der Waals surface area contributed by atoms with Crippen LogP contribution in [0.4, 0.5) is 0 Å². The Morgan fingerprint density at radius 1 is 1.28 bits per heavy atom. The largest absolute Gasteiger partial charge is 0.619 e. The number of nitrogens with one attached hydrogen (secondary N) is 1. The molecule has 2 heterocycles. The molecule has 0 spiro atoms. The van der Waals surface area contributed by atoms with E-state index in [1.807, 2.05) is 6.07 Å². The summed E-state index contributed by atoms with van der Waals surface area (Å²) in [5, 5.41) is 14.1. The Bertz CT molecular complexity index is 712. The lowest BCUT2D eigenvalue weighted by Gasteiger charge is -2.35. The summed E-state index contributed by atoms with van der Waals surface area (Å²) < 4.78 is 6.12. The highest BCUT2D eigenvalue weighted by Crippen LogP contribution is 2.22. The molecule has 3 rings (SSSR count). The third-order valence-electron chi connectivity index (χ3n) is 4.43. The summed E-state index contributed by atoms with van der Waals surface area (Å²) in [7, 11) is 0. The Labute approximate surface area is 147 Å². The predicted molar refractivity (Wildman–Crippen MR) is 94.0 cm³/mol. The molecule has 6 heteroatoms. The first-order valence-corrected chi connectivity index (χ1v) is 8.49. The maximum Gasteiger partial charge on any atom is 0.251 e. The van der Waals surface area contributed by atoms with Gasteiger partial charge in [-0.25, -0.2) is 0 Å². The van der Waals surface area contributed by atoms with Crippen molar-refractivity contribution in [1.29, 1.82) is 0 Å². The van der Waals surface area contributed by atoms with Crippen molar-refractivity contribution in [2.75, 3.05) is 32.8 Å². The first-order chi connectivity index (χ1) is 12.1. The third kappa shape index (κ3) is 4.55. The van der Waals surface area contributed by atoms with Gasteiger partial charge in [-0.1, -0.05) is 29.8 Å². The second-order valence-corrected chi connectivity index (χ2v) is 6.24. The van der Waals surface area contributed by atoms with E-state index in [-0.39, 0.29) is 11.9 Å². The standard InChI is InChI=1S/C19H23N3O3/c1-15-3-2-4-17(13-15)18(21-9-11-25-12-10-21)14-20-19(23)16-5-7-22(24)8-6-16/h2-8,13,18H,9-12,14H2,1H3,(H,20,23). The van der Waals surface area contributed by atoms with E-state index in [1.165, 1.54) is 35.7 Å². The molecule has 1 saturated heterocycles. The van der Waals surface area contributed by atoms with Gasteiger partial charge in [-0.3, -0.25) is 9.69 Å². The molecule has 1 aromatic heterocycles. The Hall–Kier alpha value is -2.44. The molecule has 1 N–H and O–H groups in total. The molecule has 1 fully saturated rings. The van der Waals surface area contributed by atoms with Crippen molar-refractivity contribution in [1.82, 2.24) is 10.2 Å². The summed E-state index contributed by atoms with van der Waals surface area (Å²) in [4.78, 5) is 14.7. The monoisotopic (exact) mass is 341 g/mol. The van der Waals surface area contributed by atoms with E-state index in [2.05, 4.69) is 35.3 Å². The average Bonchev–Trinajstić information content (AvgIpc) is 2.63. The summed E-state index contributed by atoms with van der Waals surface area (Å²) in [6.45, 7) is 5.68. The van der Waals surface area contributed by atoms with Crippen molar-refractivity contribution in [3.63, 3.8) is 0 Å². The van der Waals surface area contributed by atoms with Crippen LogP contribution in [0.3, 0.4) is 0 Å². The van der Waals surface area contributed by atoms with E-state index in [1.54, 1.807) is 0 Å². The number of benzene rings is 1. The van der Waals surface area contributed by atoms with Crippen LogP contribution < -0.4 is 10.0 Å². The lowest BCUT2D eigenvalue weighted by molar-refractivity contribution is -0.605. The first kappa shape index (κ1) is 17.4. The van der Waals surface area contributed by atoms with Crippen LogP contribution in [0.1, 0.15) is 27.5 Å². The van der Waals surface area contributed by atoms with Gasteiger partial charge in [-0.05, 0) is 12.5 Å². The molecule has 0 aliphatic carbocycles. The van der Waals surface area contributed by atoms with E-state index in [0.717, 1.165) is 13.1 Å². The van der Waals surface area contributed by atoms with Gasteiger partial charge >= 0.3 is 0 Å². The number of ether oxygens (including phenoxy) is 1. The molecule has 1 unspecified atom stereocenters. The first-order valence-electron chi connectivity index (χ1n) is 8.49. The summed E-state index contributed by atoms with van der Waals surface area (Å²) in [6, 6.07) is 11.5. The van der Waals surface area contributed by atoms with Gasteiger partial charge in [-0.2, -0.15) is 4.73 Å². The van der Waals surface area contributed by atoms with Crippen LogP contribution in [0.2, 0.25) is 0 Å². The van der Waals surface area contributed by atoms with E-state index in [0.29, 0.717) is 30.1 Å². The number of carbonyl (C=O) groups excluding carboxylic acids is 1. The number of nitrogens with zero attached hydrogens (tertiary/aromatic N) is 2. The fourth-order valence-corrected chi connectivity index (χ4v) is 3.08. The highest BCUT2D eigenvalue weighted by atomic mass is 16.5. The molecule has 6 nitrogen and oxygen atoms in total. The maximum atomic E-state index is 12.4. The number of morpholine rings is 1. The Morgan fingerprint density at radius 2 is 2.00 bits per heavy atom. The smallest absolute Gasteiger partial charge is 0.251 e. The second kappa shape index (κ2) is 8.09. The van der Waals surface area contributed by atoms with Crippen molar-refractivity contribution in [2.24, 2.45) is 0 Å². The van der Waals surface area contributed by atoms with Gasteiger partial charge in [0.1, 0.15) is 0 Å². The van der Waals surface area contributed by atoms with Gasteiger partial charge in [0.25, 0.3) is 5.91 Å². The Balaban J connectivity index is 1.73. The topological polar surface area (TPSA) is 68.5 Å². The second-order valence-electron chi connectivity index (χ2n) is 6.24. The van der Waals surface area contributed by atoms with E-state index in [9.17, 15) is 10.0 Å². The zero-order valence-electron chi connectivity index (χ0n) is 14.4. The van der Waals surface area contributed by atoms with Gasteiger partial charge in [0.05, 0.1) is 24.8 Å². The van der Waals surface area contributed by atoms with Gasteiger partial charge in [0, 0.05) is 31.8 Å². The summed E-state index contributed by atoms with van der Waals surface area (Å²) in [5.41, 5.74) is 2.87. The number of hydrogen-bond donors (Lipinski definition) is 1. The minimum absolute atomic E-state index is 0.0981. The lowest BCUT2D eigenvalue weighted by Crippen LogP contribution is -2.44. The minimum atomic E-state index is -0.175. The zero-order chi connectivity index (χ0) is 17.6. The lowest BCUT2D eigenvalue weighted by atomic mass is 10.0. The number of pyridine rings is 1. The van der Waals surface area contributed by atoms with Crippen molar-refractivity contribution in [2.45, 2.75) is 13.0 Å². The van der Waals surface area contributed by atoms with Crippen LogP contribution >= 0.6 is 0 Å². The molecular weight excluding hydrogens is 318 g/mol. The van der Waals surface area contributed by atoms with Gasteiger partial charge in [0.15, 0.2) is 12.4 Å². The SMILES string of the molecule is Cc1cccc(C(CNC(=O)c2cc[n+]([O-])cc2)N2CCOCC2)c1. The van der Waals surface area contributed by atoms with Crippen LogP contribution in [0.15, 0.2) is 48.8 Å². The molecule has 0 radical (unpaired) electrons. The Morgan fingerprint density at radius 3 is 2.68 bits per heavy atom. The fraction of sp³-hybridized carbons (Fsp3) is 0.368. The fourth-order valence-electron chi connectivity index (χ4n) is 3.08. The minimum Gasteiger partial charge on any atom is -0.619 e. The van der Waals surface area contributed by atoms with Crippen LogP contribution in [-0.2, 0) is 4.74 Å². The van der Waals surface area contributed by atoms with E-state index in [4.69, 9.17) is 4.74 Å². The van der Waals surface area contributed by atoms with Crippen molar-refractivity contribution >= 4 is 5.91 Å². The van der Waals surface area contributed by atoms with Crippen LogP contribution in [0.25, 0.3) is 0 Å². The molecule has 1 aliphatic rings. The number of hydrogen-bond acceptors (Lipinski definition) is 4. The van der Waals surface area contributed by atoms with Gasteiger partial charge < -0.3 is 15.3 Å². The quantitative estimate of drug-likeness (QED) is 0.660. The zero-order valence-corrected chi connectivity index (χ0v) is 14.4. The molecule has 0 saturated carbocycles. The number of amides is 1. The van der Waals surface area contributed by atoms with Crippen molar-refractivity contribution in [3.05, 3.63) is 70.7 Å². The Kier molecular flexibility index (Phi) is 5.63. The molecule has 1 atom stereocenters. The normalized spacial score (nSPS) is 16.4. The van der Waals surface area contributed by atoms with Gasteiger partial charge in [-0.15, -0.1) is 0 Å². The van der Waals surface area contributed by atoms with E-state index >= 15 is 0 Å². The molecule has 1 aromatic carbocycles. The molecule has 1 amide bonds. The molecule has 2 aromatic rings. The molecule has 0 bridgehead atoms. The molecule has 132 valence electrons. The summed E-state index contributed by atoms with van der Waals surface area (Å²) >= 11 is 0.